The van der Waals surface area contributed by atoms with E-state index in [2.05, 4.69) is 111 Å². The highest BCUT2D eigenvalue weighted by molar-refractivity contribution is 5.52. The molecule has 0 aliphatic heterocycles. The molecule has 1 saturated carbocycles. The van der Waals surface area contributed by atoms with Gasteiger partial charge in [-0.05, 0) is 107 Å². The summed E-state index contributed by atoms with van der Waals surface area (Å²) in [6.45, 7) is 8.44. The third-order valence-corrected chi connectivity index (χ3v) is 7.70. The molecule has 3 nitrogen and oxygen atoms in total. The average molecular weight is 471 g/mol. The lowest BCUT2D eigenvalue weighted by atomic mass is 9.73. The number of nitrogens with zero attached hydrogens (tertiary/aromatic N) is 2. The van der Waals surface area contributed by atoms with Crippen molar-refractivity contribution >= 4 is 5.69 Å². The fourth-order valence-electron chi connectivity index (χ4n) is 5.88. The van der Waals surface area contributed by atoms with Crippen molar-refractivity contribution in [1.29, 1.82) is 0 Å². The predicted octanol–water partition coefficient (Wildman–Crippen LogP) is 7.50. The molecule has 186 valence electrons. The molecule has 4 rings (SSSR count). The van der Waals surface area contributed by atoms with E-state index in [1.165, 1.54) is 47.2 Å². The van der Waals surface area contributed by atoms with Gasteiger partial charge in [-0.25, -0.2) is 0 Å². The Morgan fingerprint density at radius 2 is 1.54 bits per heavy atom. The molecular formula is C32H42N2O. The molecule has 1 aliphatic carbocycles. The zero-order valence-corrected chi connectivity index (χ0v) is 22.3. The SMILES string of the molecule is CCCN(c1cc(C)cc(C)c1)C1CCC(c2cccc(OCc3ccccc3)c2)(N(C)C)CC1. The van der Waals surface area contributed by atoms with Gasteiger partial charge in [-0.2, -0.15) is 0 Å². The maximum absolute atomic E-state index is 6.19. The molecule has 0 heterocycles. The molecule has 3 heteroatoms. The van der Waals surface area contributed by atoms with E-state index in [1.807, 2.05) is 6.07 Å². The van der Waals surface area contributed by atoms with E-state index < -0.39 is 0 Å². The second-order valence-corrected chi connectivity index (χ2v) is 10.5. The Kier molecular flexibility index (Phi) is 8.18. The van der Waals surface area contributed by atoms with Crippen LogP contribution in [0.3, 0.4) is 0 Å². The van der Waals surface area contributed by atoms with Crippen molar-refractivity contribution in [3.8, 4) is 5.75 Å². The lowest BCUT2D eigenvalue weighted by molar-refractivity contribution is 0.0899. The molecule has 0 amide bonds. The van der Waals surface area contributed by atoms with E-state index in [0.717, 1.165) is 25.1 Å². The lowest BCUT2D eigenvalue weighted by Crippen LogP contribution is -2.49. The minimum Gasteiger partial charge on any atom is -0.489 e. The minimum atomic E-state index is 0.0447. The zero-order chi connectivity index (χ0) is 24.8. The number of hydrogen-bond acceptors (Lipinski definition) is 3. The van der Waals surface area contributed by atoms with E-state index in [4.69, 9.17) is 4.74 Å². The molecule has 0 spiro atoms. The van der Waals surface area contributed by atoms with Crippen LogP contribution in [-0.4, -0.2) is 31.6 Å². The van der Waals surface area contributed by atoms with Gasteiger partial charge in [0.05, 0.1) is 0 Å². The van der Waals surface area contributed by atoms with Crippen LogP contribution in [0, 0.1) is 13.8 Å². The number of ether oxygens (including phenoxy) is 1. The third kappa shape index (κ3) is 5.90. The molecule has 35 heavy (non-hydrogen) atoms. The Bertz CT molecular complexity index is 1060. The smallest absolute Gasteiger partial charge is 0.120 e. The maximum Gasteiger partial charge on any atom is 0.120 e. The highest BCUT2D eigenvalue weighted by atomic mass is 16.5. The molecule has 0 atom stereocenters. The first-order valence-electron chi connectivity index (χ1n) is 13.2. The minimum absolute atomic E-state index is 0.0447. The maximum atomic E-state index is 6.19. The summed E-state index contributed by atoms with van der Waals surface area (Å²) in [4.78, 5) is 5.12. The van der Waals surface area contributed by atoms with Gasteiger partial charge >= 0.3 is 0 Å². The average Bonchev–Trinajstić information content (AvgIpc) is 2.86. The summed E-state index contributed by atoms with van der Waals surface area (Å²) >= 11 is 0. The van der Waals surface area contributed by atoms with Gasteiger partial charge in [0.15, 0.2) is 0 Å². The van der Waals surface area contributed by atoms with Crippen molar-refractivity contribution in [2.45, 2.75) is 71.1 Å². The van der Waals surface area contributed by atoms with Crippen molar-refractivity contribution in [2.24, 2.45) is 0 Å². The summed E-state index contributed by atoms with van der Waals surface area (Å²) in [5.74, 6) is 0.956. The highest BCUT2D eigenvalue weighted by Gasteiger charge is 2.40. The summed E-state index contributed by atoms with van der Waals surface area (Å²) in [5.41, 5.74) is 6.72. The van der Waals surface area contributed by atoms with Gasteiger partial charge in [0.25, 0.3) is 0 Å². The number of benzene rings is 3. The van der Waals surface area contributed by atoms with Gasteiger partial charge in [0.1, 0.15) is 12.4 Å². The van der Waals surface area contributed by atoms with Crippen LogP contribution in [0.15, 0.2) is 72.8 Å². The molecule has 0 aromatic heterocycles. The topological polar surface area (TPSA) is 15.7 Å². The summed E-state index contributed by atoms with van der Waals surface area (Å²) in [6, 6.07) is 26.8. The van der Waals surface area contributed by atoms with E-state index >= 15 is 0 Å². The van der Waals surface area contributed by atoms with Crippen molar-refractivity contribution in [3.63, 3.8) is 0 Å². The quantitative estimate of drug-likeness (QED) is 0.322. The van der Waals surface area contributed by atoms with Gasteiger partial charge in [-0.15, -0.1) is 0 Å². The monoisotopic (exact) mass is 470 g/mol. The first kappa shape index (κ1) is 25.3. The van der Waals surface area contributed by atoms with Crippen LogP contribution in [-0.2, 0) is 12.1 Å². The van der Waals surface area contributed by atoms with Crippen LogP contribution < -0.4 is 9.64 Å². The van der Waals surface area contributed by atoms with Crippen LogP contribution in [0.1, 0.15) is 61.3 Å². The molecule has 0 unspecified atom stereocenters. The van der Waals surface area contributed by atoms with E-state index in [1.54, 1.807) is 0 Å². The summed E-state index contributed by atoms with van der Waals surface area (Å²) in [7, 11) is 4.48. The third-order valence-electron chi connectivity index (χ3n) is 7.70. The zero-order valence-electron chi connectivity index (χ0n) is 22.3. The molecule has 0 N–H and O–H groups in total. The second-order valence-electron chi connectivity index (χ2n) is 10.5. The number of hydrogen-bond donors (Lipinski definition) is 0. The first-order chi connectivity index (χ1) is 16.9. The standard InChI is InChI=1S/C32H42N2O/c1-6-19-34(30-21-25(2)20-26(3)22-30)29-15-17-32(18-16-29,33(4)5)28-13-10-14-31(23-28)35-24-27-11-8-7-9-12-27/h7-14,20-23,29H,6,15-19,24H2,1-5H3. The lowest BCUT2D eigenvalue weighted by Gasteiger charge is -2.48. The molecule has 0 bridgehead atoms. The molecule has 0 saturated heterocycles. The largest absolute Gasteiger partial charge is 0.489 e. The van der Waals surface area contributed by atoms with Crippen LogP contribution in [0.2, 0.25) is 0 Å². The molecular weight excluding hydrogens is 428 g/mol. The Balaban J connectivity index is 1.51. The molecule has 3 aromatic carbocycles. The van der Waals surface area contributed by atoms with E-state index in [9.17, 15) is 0 Å². The van der Waals surface area contributed by atoms with Crippen LogP contribution in [0.4, 0.5) is 5.69 Å². The Labute approximate surface area is 212 Å². The van der Waals surface area contributed by atoms with Gasteiger partial charge < -0.3 is 9.64 Å². The van der Waals surface area contributed by atoms with Crippen LogP contribution >= 0.6 is 0 Å². The number of rotatable bonds is 9. The Morgan fingerprint density at radius 1 is 0.857 bits per heavy atom. The van der Waals surface area contributed by atoms with Gasteiger partial charge in [0, 0.05) is 23.8 Å². The summed E-state index contributed by atoms with van der Waals surface area (Å²) in [6.07, 6.45) is 5.86. The number of aryl methyl sites for hydroxylation is 2. The van der Waals surface area contributed by atoms with Crippen molar-refractivity contribution in [1.82, 2.24) is 4.90 Å². The summed E-state index contributed by atoms with van der Waals surface area (Å²) < 4.78 is 6.19. The number of anilines is 1. The van der Waals surface area contributed by atoms with Crippen molar-refractivity contribution in [3.05, 3.63) is 95.1 Å². The van der Waals surface area contributed by atoms with Crippen molar-refractivity contribution < 1.29 is 4.74 Å². The molecule has 3 aromatic rings. The first-order valence-corrected chi connectivity index (χ1v) is 13.2. The predicted molar refractivity (Wildman–Crippen MR) is 148 cm³/mol. The van der Waals surface area contributed by atoms with E-state index in [-0.39, 0.29) is 5.54 Å². The second kappa shape index (κ2) is 11.3. The van der Waals surface area contributed by atoms with E-state index in [0.29, 0.717) is 12.6 Å². The Hall–Kier alpha value is -2.78. The van der Waals surface area contributed by atoms with Crippen LogP contribution in [0.25, 0.3) is 0 Å². The normalized spacial score (nSPS) is 20.1. The molecule has 0 radical (unpaired) electrons. The Morgan fingerprint density at radius 3 is 2.17 bits per heavy atom. The summed E-state index contributed by atoms with van der Waals surface area (Å²) in [5, 5.41) is 0. The van der Waals surface area contributed by atoms with Gasteiger partial charge in [0.2, 0.25) is 0 Å². The van der Waals surface area contributed by atoms with Gasteiger partial charge in [-0.3, -0.25) is 4.90 Å². The fraction of sp³-hybridized carbons (Fsp3) is 0.438. The van der Waals surface area contributed by atoms with Crippen LogP contribution in [0.5, 0.6) is 5.75 Å². The molecule has 1 fully saturated rings. The van der Waals surface area contributed by atoms with Crippen molar-refractivity contribution in [2.75, 3.05) is 25.5 Å². The molecule has 1 aliphatic rings. The highest BCUT2D eigenvalue weighted by Crippen LogP contribution is 2.44. The fourth-order valence-corrected chi connectivity index (χ4v) is 5.88. The van der Waals surface area contributed by atoms with Gasteiger partial charge in [-0.1, -0.05) is 55.5 Å².